The van der Waals surface area contributed by atoms with Crippen LogP contribution in [0, 0.1) is 0 Å². The smallest absolute Gasteiger partial charge is 0.141 e. The van der Waals surface area contributed by atoms with Gasteiger partial charge in [-0.15, -0.1) is 0 Å². The van der Waals surface area contributed by atoms with Crippen molar-refractivity contribution in [1.82, 2.24) is 9.55 Å². The van der Waals surface area contributed by atoms with E-state index in [0.29, 0.717) is 0 Å². The van der Waals surface area contributed by atoms with Gasteiger partial charge in [0, 0.05) is 12.1 Å². The molecule has 0 saturated carbocycles. The summed E-state index contributed by atoms with van der Waals surface area (Å²) in [5, 5.41) is 0. The number of aryl methyl sites for hydroxylation is 1. The Morgan fingerprint density at radius 2 is 1.84 bits per heavy atom. The first-order valence-electron chi connectivity index (χ1n) is 6.61. The van der Waals surface area contributed by atoms with Gasteiger partial charge in [-0.1, -0.05) is 43.3 Å². The number of anilines is 1. The first-order valence-corrected chi connectivity index (χ1v) is 6.61. The van der Waals surface area contributed by atoms with E-state index in [1.807, 2.05) is 30.3 Å². The fourth-order valence-electron chi connectivity index (χ4n) is 2.43. The van der Waals surface area contributed by atoms with Gasteiger partial charge in [0.2, 0.25) is 0 Å². The molecule has 3 aromatic rings. The monoisotopic (exact) mass is 251 g/mol. The molecule has 3 nitrogen and oxygen atoms in total. The number of aromatic nitrogens is 2. The van der Waals surface area contributed by atoms with E-state index in [-0.39, 0.29) is 0 Å². The third-order valence-electron chi connectivity index (χ3n) is 3.29. The Labute approximate surface area is 112 Å². The maximum atomic E-state index is 6.04. The number of benzene rings is 2. The molecule has 96 valence electrons. The molecule has 2 N–H and O–H groups in total. The number of rotatable bonds is 3. The Morgan fingerprint density at radius 1 is 1.05 bits per heavy atom. The predicted octanol–water partition coefficient (Wildman–Crippen LogP) is 3.70. The lowest BCUT2D eigenvalue weighted by Crippen LogP contribution is -1.99. The zero-order valence-electron chi connectivity index (χ0n) is 11.0. The van der Waals surface area contributed by atoms with Crippen molar-refractivity contribution in [2.75, 3.05) is 5.73 Å². The molecule has 3 heteroatoms. The second-order valence-electron chi connectivity index (χ2n) is 4.67. The summed E-state index contributed by atoms with van der Waals surface area (Å²) >= 11 is 0. The number of hydrogen-bond acceptors (Lipinski definition) is 2. The SMILES string of the molecule is CCCn1c(-c2ccccc2)nc2c(N)cccc21. The number of nitrogen functional groups attached to an aromatic ring is 1. The summed E-state index contributed by atoms with van der Waals surface area (Å²) < 4.78 is 2.25. The van der Waals surface area contributed by atoms with E-state index in [2.05, 4.69) is 29.7 Å². The van der Waals surface area contributed by atoms with Gasteiger partial charge in [0.1, 0.15) is 11.3 Å². The minimum atomic E-state index is 0.740. The Kier molecular flexibility index (Phi) is 2.95. The highest BCUT2D eigenvalue weighted by Crippen LogP contribution is 2.28. The number of hydrogen-bond donors (Lipinski definition) is 1. The van der Waals surface area contributed by atoms with E-state index < -0.39 is 0 Å². The van der Waals surface area contributed by atoms with Crippen LogP contribution in [0.2, 0.25) is 0 Å². The van der Waals surface area contributed by atoms with Gasteiger partial charge in [-0.05, 0) is 18.6 Å². The highest BCUT2D eigenvalue weighted by atomic mass is 15.1. The second-order valence-corrected chi connectivity index (χ2v) is 4.67. The molecule has 0 aliphatic carbocycles. The third-order valence-corrected chi connectivity index (χ3v) is 3.29. The van der Waals surface area contributed by atoms with E-state index in [1.165, 1.54) is 0 Å². The molecular weight excluding hydrogens is 234 g/mol. The summed E-state index contributed by atoms with van der Waals surface area (Å²) in [6.45, 7) is 3.12. The van der Waals surface area contributed by atoms with E-state index in [1.54, 1.807) is 0 Å². The molecule has 0 spiro atoms. The lowest BCUT2D eigenvalue weighted by Gasteiger charge is -2.07. The van der Waals surface area contributed by atoms with Crippen molar-refractivity contribution < 1.29 is 0 Å². The average Bonchev–Trinajstić information content (AvgIpc) is 2.81. The standard InChI is InChI=1S/C16H17N3/c1-2-11-19-14-10-6-9-13(17)15(14)18-16(19)12-7-4-3-5-8-12/h3-10H,2,11,17H2,1H3. The lowest BCUT2D eigenvalue weighted by molar-refractivity contribution is 0.704. The summed E-state index contributed by atoms with van der Waals surface area (Å²) in [5.41, 5.74) is 9.92. The zero-order chi connectivity index (χ0) is 13.2. The van der Waals surface area contributed by atoms with Gasteiger partial charge in [0.05, 0.1) is 11.2 Å². The first-order chi connectivity index (χ1) is 9.31. The van der Waals surface area contributed by atoms with Gasteiger partial charge >= 0.3 is 0 Å². The number of para-hydroxylation sites is 1. The van der Waals surface area contributed by atoms with Gasteiger partial charge in [-0.2, -0.15) is 0 Å². The quantitative estimate of drug-likeness (QED) is 0.721. The molecule has 0 fully saturated rings. The predicted molar refractivity (Wildman–Crippen MR) is 79.9 cm³/mol. The number of nitrogens with two attached hydrogens (primary N) is 1. The molecule has 0 radical (unpaired) electrons. The summed E-state index contributed by atoms with van der Waals surface area (Å²) in [6, 6.07) is 16.2. The minimum Gasteiger partial charge on any atom is -0.397 e. The zero-order valence-corrected chi connectivity index (χ0v) is 11.0. The molecule has 19 heavy (non-hydrogen) atoms. The molecule has 0 bridgehead atoms. The van der Waals surface area contributed by atoms with Crippen LogP contribution in [0.1, 0.15) is 13.3 Å². The van der Waals surface area contributed by atoms with Crippen LogP contribution in [0.3, 0.4) is 0 Å². The average molecular weight is 251 g/mol. The summed E-state index contributed by atoms with van der Waals surface area (Å²) in [4.78, 5) is 4.74. The second kappa shape index (κ2) is 4.76. The Balaban J connectivity index is 2.29. The van der Waals surface area contributed by atoms with E-state index >= 15 is 0 Å². The lowest BCUT2D eigenvalue weighted by atomic mass is 10.2. The fourth-order valence-corrected chi connectivity index (χ4v) is 2.43. The van der Waals surface area contributed by atoms with Gasteiger partial charge in [0.15, 0.2) is 0 Å². The largest absolute Gasteiger partial charge is 0.397 e. The topological polar surface area (TPSA) is 43.8 Å². The number of fused-ring (bicyclic) bond motifs is 1. The van der Waals surface area contributed by atoms with Crippen molar-refractivity contribution >= 4 is 16.7 Å². The van der Waals surface area contributed by atoms with Crippen LogP contribution in [-0.4, -0.2) is 9.55 Å². The van der Waals surface area contributed by atoms with Crippen LogP contribution >= 0.6 is 0 Å². The Hall–Kier alpha value is -2.29. The number of imidazole rings is 1. The fraction of sp³-hybridized carbons (Fsp3) is 0.188. The van der Waals surface area contributed by atoms with Crippen molar-refractivity contribution in [3.63, 3.8) is 0 Å². The van der Waals surface area contributed by atoms with Crippen LogP contribution in [0.4, 0.5) is 5.69 Å². The van der Waals surface area contributed by atoms with E-state index in [9.17, 15) is 0 Å². The van der Waals surface area contributed by atoms with Crippen molar-refractivity contribution in [1.29, 1.82) is 0 Å². The molecule has 2 aromatic carbocycles. The molecule has 0 saturated heterocycles. The van der Waals surface area contributed by atoms with Gasteiger partial charge in [0.25, 0.3) is 0 Å². The molecule has 0 aliphatic rings. The summed E-state index contributed by atoms with van der Waals surface area (Å²) in [5.74, 6) is 0.996. The molecule has 3 rings (SSSR count). The normalized spacial score (nSPS) is 11.0. The maximum absolute atomic E-state index is 6.04. The molecule has 1 aromatic heterocycles. The highest BCUT2D eigenvalue weighted by molar-refractivity contribution is 5.90. The van der Waals surface area contributed by atoms with Crippen LogP contribution in [-0.2, 0) is 6.54 Å². The minimum absolute atomic E-state index is 0.740. The Bertz CT molecular complexity index is 699. The van der Waals surface area contributed by atoms with Gasteiger partial charge in [-0.3, -0.25) is 0 Å². The van der Waals surface area contributed by atoms with E-state index in [4.69, 9.17) is 10.7 Å². The summed E-state index contributed by atoms with van der Waals surface area (Å²) in [6.07, 6.45) is 1.07. The highest BCUT2D eigenvalue weighted by Gasteiger charge is 2.13. The van der Waals surface area contributed by atoms with Crippen molar-refractivity contribution in [2.24, 2.45) is 0 Å². The van der Waals surface area contributed by atoms with Crippen LogP contribution in [0.5, 0.6) is 0 Å². The summed E-state index contributed by atoms with van der Waals surface area (Å²) in [7, 11) is 0. The molecule has 1 heterocycles. The molecular formula is C16H17N3. The molecule has 0 aliphatic heterocycles. The van der Waals surface area contributed by atoms with Crippen molar-refractivity contribution in [3.8, 4) is 11.4 Å². The van der Waals surface area contributed by atoms with Gasteiger partial charge in [-0.25, -0.2) is 4.98 Å². The molecule has 0 unspecified atom stereocenters. The van der Waals surface area contributed by atoms with Gasteiger partial charge < -0.3 is 10.3 Å². The third kappa shape index (κ3) is 1.97. The van der Waals surface area contributed by atoms with Crippen molar-refractivity contribution in [2.45, 2.75) is 19.9 Å². The maximum Gasteiger partial charge on any atom is 0.141 e. The van der Waals surface area contributed by atoms with E-state index in [0.717, 1.165) is 41.1 Å². The Morgan fingerprint density at radius 3 is 2.58 bits per heavy atom. The van der Waals surface area contributed by atoms with Crippen LogP contribution in [0.15, 0.2) is 48.5 Å². The molecule has 0 atom stereocenters. The molecule has 0 amide bonds. The van der Waals surface area contributed by atoms with Crippen molar-refractivity contribution in [3.05, 3.63) is 48.5 Å². The first kappa shape index (κ1) is 11.8. The van der Waals surface area contributed by atoms with Crippen LogP contribution < -0.4 is 5.73 Å². The number of nitrogens with zero attached hydrogens (tertiary/aromatic N) is 2. The van der Waals surface area contributed by atoms with Crippen LogP contribution in [0.25, 0.3) is 22.4 Å².